The minimum absolute atomic E-state index is 0.0533. The standard InChI is InChI=1S/C66H110O34/c1-24(9-13-37(63(4,5)88)98-61-55(100-59-53(87)47(81)41(75)31(21-70)94-59)49(83)43(77)33(96-61)23-90-57-51(85)45(79)39(73)29(19-68)92-57)25-15-16-64(6)34-12-10-26-27(66(34,8)35(71)17-65(25,64)7)11-14-36(62(26,2)3)97-60-54(99-58-52(86)46(80)40(74)30(20-69)93-58)48(82)42(76)32(95-60)22-89-56-50(84)44(78)38(72)28(18-67)91-56/h10,24-25,27-34,36-61,67-70,72-88H,9,11-23H2,1-8H3/t24-,25-,27-,28-,29-,30-,31-,32-,33-,34+,36+,37-,38-,39-,40-,41-,42-,43-,44+,45+,46+,47+,48+,49+,50-,51-,52-,53-,54-,55-,56-,57-,58+,59+,60+,61+,64+,65-,66+/m1/s1. The molecule has 3 saturated carbocycles. The number of aliphatic hydroxyl groups excluding tert-OH is 20. The molecule has 34 heteroatoms. The maximum atomic E-state index is 15.6. The van der Waals surface area contributed by atoms with E-state index >= 15 is 4.79 Å². The Morgan fingerprint density at radius 1 is 0.480 bits per heavy atom. The summed E-state index contributed by atoms with van der Waals surface area (Å²) in [5.41, 5.74) is -3.50. The number of aliphatic hydroxyl groups is 21. The molecule has 6 aliphatic heterocycles. The maximum Gasteiger partial charge on any atom is 0.187 e. The molecule has 0 aromatic rings. The van der Waals surface area contributed by atoms with Gasteiger partial charge < -0.3 is 164 Å². The molecule has 0 amide bonds. The van der Waals surface area contributed by atoms with Crippen molar-refractivity contribution in [2.45, 2.75) is 309 Å². The SMILES string of the molecule is C[C@H](CC[C@@H](O[C@@H]1O[C@H](CO[C@@H]2O[C@H](CO)[C@@H](O)[C@H](O)[C@H]2O)[C@@H](O)[C@H](O)[C@H]1O[C@@H]1O[C@H](CO)[C@@H](O)[C@H](O)[C@H]1O)C(C)(C)O)[C@H]1CC[C@@]2(C)[C@@H]3CC=C4[C@@H](CC[C@H](O[C@@H]5O[C@H](CO[C@@H]6O[C@H](CO)[C@@H](O)[C@H](O)[C@H]6O)[C@@H](O)[C@H](O)[C@H]5O[C@@H]5O[C@H](CO)[C@@H](O)[C@H](O)[C@H]5O)C4(C)C)[C@]3(C)C(=O)C[C@]12C. The first kappa shape index (κ1) is 80.6. The lowest BCUT2D eigenvalue weighted by molar-refractivity contribution is -0.380. The maximum absolute atomic E-state index is 15.6. The largest absolute Gasteiger partial charge is 0.394 e. The molecule has 578 valence electrons. The normalized spacial score (nSPS) is 51.3. The van der Waals surface area contributed by atoms with Crippen molar-refractivity contribution in [1.82, 2.24) is 0 Å². The predicted molar refractivity (Wildman–Crippen MR) is 332 cm³/mol. The van der Waals surface area contributed by atoms with Crippen LogP contribution in [-0.2, 0) is 61.6 Å². The van der Waals surface area contributed by atoms with E-state index in [0.717, 1.165) is 18.4 Å². The quantitative estimate of drug-likeness (QED) is 0.0423. The molecule has 39 atom stereocenters. The van der Waals surface area contributed by atoms with E-state index in [2.05, 4.69) is 33.8 Å². The number of carbonyl (C=O) groups is 1. The van der Waals surface area contributed by atoms with Gasteiger partial charge in [-0.2, -0.15) is 0 Å². The van der Waals surface area contributed by atoms with Crippen LogP contribution >= 0.6 is 0 Å². The van der Waals surface area contributed by atoms with Crippen LogP contribution in [0.4, 0.5) is 0 Å². The molecule has 10 aliphatic rings. The van der Waals surface area contributed by atoms with E-state index in [1.807, 2.05) is 13.8 Å². The molecule has 100 heavy (non-hydrogen) atoms. The van der Waals surface area contributed by atoms with Gasteiger partial charge in [0.2, 0.25) is 0 Å². The van der Waals surface area contributed by atoms with Crippen LogP contribution in [-0.4, -0.2) is 355 Å². The van der Waals surface area contributed by atoms with Crippen LogP contribution in [0.3, 0.4) is 0 Å². The lowest BCUT2D eigenvalue weighted by Crippen LogP contribution is -2.66. The third-order valence-electron chi connectivity index (χ3n) is 24.7. The number of carbonyl (C=O) groups excluding carboxylic acids is 1. The van der Waals surface area contributed by atoms with Crippen molar-refractivity contribution in [1.29, 1.82) is 0 Å². The Morgan fingerprint density at radius 2 is 0.880 bits per heavy atom. The molecule has 6 saturated heterocycles. The lowest BCUT2D eigenvalue weighted by Gasteiger charge is -2.65. The monoisotopic (exact) mass is 1450 g/mol. The van der Waals surface area contributed by atoms with Crippen LogP contribution in [0.2, 0.25) is 0 Å². The van der Waals surface area contributed by atoms with Gasteiger partial charge in [-0.25, -0.2) is 0 Å². The molecule has 4 aliphatic carbocycles. The van der Waals surface area contributed by atoms with Gasteiger partial charge >= 0.3 is 0 Å². The Hall–Kier alpha value is -1.91. The van der Waals surface area contributed by atoms with Gasteiger partial charge in [-0.05, 0) is 93.3 Å². The molecular formula is C66H110O34. The molecule has 0 unspecified atom stereocenters. The average molecular weight is 1450 g/mol. The van der Waals surface area contributed by atoms with Gasteiger partial charge in [0, 0.05) is 17.3 Å². The smallest absolute Gasteiger partial charge is 0.187 e. The summed E-state index contributed by atoms with van der Waals surface area (Å²) < 4.78 is 71.8. The minimum Gasteiger partial charge on any atom is -0.394 e. The number of ketones is 1. The highest BCUT2D eigenvalue weighted by atomic mass is 16.8. The van der Waals surface area contributed by atoms with Crippen molar-refractivity contribution in [3.05, 3.63) is 11.6 Å². The van der Waals surface area contributed by atoms with Crippen LogP contribution in [0.1, 0.15) is 107 Å². The highest BCUT2D eigenvalue weighted by Gasteiger charge is 2.71. The van der Waals surface area contributed by atoms with E-state index in [1.54, 1.807) is 0 Å². The lowest BCUT2D eigenvalue weighted by atomic mass is 9.38. The van der Waals surface area contributed by atoms with Crippen molar-refractivity contribution in [2.24, 2.45) is 45.3 Å². The number of ether oxygens (including phenoxy) is 12. The van der Waals surface area contributed by atoms with Crippen LogP contribution in [0.15, 0.2) is 11.6 Å². The number of hydrogen-bond acceptors (Lipinski definition) is 34. The molecule has 34 nitrogen and oxygen atoms in total. The van der Waals surface area contributed by atoms with E-state index in [1.165, 1.54) is 13.8 Å². The number of Topliss-reactive ketones (excluding diaryl/α,β-unsaturated/α-hetero) is 1. The number of rotatable bonds is 23. The van der Waals surface area contributed by atoms with E-state index in [4.69, 9.17) is 56.8 Å². The van der Waals surface area contributed by atoms with Crippen LogP contribution in [0.25, 0.3) is 0 Å². The number of allylic oxidation sites excluding steroid dienone is 1. The Morgan fingerprint density at radius 3 is 1.32 bits per heavy atom. The Bertz CT molecular complexity index is 2720. The van der Waals surface area contributed by atoms with Crippen LogP contribution in [0.5, 0.6) is 0 Å². The molecule has 0 spiro atoms. The third kappa shape index (κ3) is 14.7. The summed E-state index contributed by atoms with van der Waals surface area (Å²) in [7, 11) is 0. The number of fused-ring (bicyclic) bond motifs is 5. The molecule has 6 heterocycles. The predicted octanol–water partition coefficient (Wildman–Crippen LogP) is -7.38. The van der Waals surface area contributed by atoms with Gasteiger partial charge in [-0.3, -0.25) is 4.79 Å². The highest BCUT2D eigenvalue weighted by Crippen LogP contribution is 2.74. The van der Waals surface area contributed by atoms with E-state index in [0.29, 0.717) is 25.7 Å². The van der Waals surface area contributed by atoms with Crippen molar-refractivity contribution in [3.63, 3.8) is 0 Å². The zero-order valence-corrected chi connectivity index (χ0v) is 57.5. The molecular weight excluding hydrogens is 1340 g/mol. The Balaban J connectivity index is 0.853. The molecule has 10 rings (SSSR count). The summed E-state index contributed by atoms with van der Waals surface area (Å²) in [6, 6.07) is 0. The second-order valence-electron chi connectivity index (χ2n) is 31.3. The molecule has 0 bridgehead atoms. The first-order valence-corrected chi connectivity index (χ1v) is 34.9. The second kappa shape index (κ2) is 31.4. The summed E-state index contributed by atoms with van der Waals surface area (Å²) in [4.78, 5) is 15.6. The van der Waals surface area contributed by atoms with E-state index < -0.39 is 263 Å². The van der Waals surface area contributed by atoms with Gasteiger partial charge in [-0.1, -0.05) is 53.2 Å². The molecule has 0 radical (unpaired) electrons. The zero-order valence-electron chi connectivity index (χ0n) is 57.5. The van der Waals surface area contributed by atoms with Gasteiger partial charge in [0.05, 0.1) is 57.5 Å². The fraction of sp³-hybridized carbons (Fsp3) is 0.955. The number of hydrogen-bond donors (Lipinski definition) is 21. The molecule has 9 fully saturated rings. The summed E-state index contributed by atoms with van der Waals surface area (Å²) in [6.07, 6.45) is -48.7. The summed E-state index contributed by atoms with van der Waals surface area (Å²) in [5.74, 6) is -0.546. The summed E-state index contributed by atoms with van der Waals surface area (Å²) in [5, 5.41) is 226. The van der Waals surface area contributed by atoms with E-state index in [-0.39, 0.29) is 42.3 Å². The van der Waals surface area contributed by atoms with Crippen molar-refractivity contribution in [3.8, 4) is 0 Å². The topological polar surface area (TPSA) is 553 Å². The van der Waals surface area contributed by atoms with E-state index in [9.17, 15) is 107 Å². The van der Waals surface area contributed by atoms with Gasteiger partial charge in [0.1, 0.15) is 152 Å². The van der Waals surface area contributed by atoms with Crippen molar-refractivity contribution < 1.29 is 169 Å². The molecule has 21 N–H and O–H groups in total. The zero-order chi connectivity index (χ0) is 73.5. The fourth-order valence-corrected chi connectivity index (χ4v) is 18.2. The molecule has 0 aromatic carbocycles. The molecule has 0 aromatic heterocycles. The summed E-state index contributed by atoms with van der Waals surface area (Å²) in [6.45, 7) is 10.9. The fourth-order valence-electron chi connectivity index (χ4n) is 18.2. The Kier molecular flexibility index (Phi) is 25.3. The summed E-state index contributed by atoms with van der Waals surface area (Å²) >= 11 is 0. The van der Waals surface area contributed by atoms with Crippen molar-refractivity contribution >= 4 is 5.78 Å². The third-order valence-corrected chi connectivity index (χ3v) is 24.7. The highest BCUT2D eigenvalue weighted by molar-refractivity contribution is 5.88. The average Bonchev–Trinajstić information content (AvgIpc) is 1.33. The van der Waals surface area contributed by atoms with Crippen LogP contribution in [0, 0.1) is 45.3 Å². The first-order chi connectivity index (χ1) is 46.9. The van der Waals surface area contributed by atoms with Crippen LogP contribution < -0.4 is 0 Å². The second-order valence-corrected chi connectivity index (χ2v) is 31.3. The van der Waals surface area contributed by atoms with Gasteiger partial charge in [0.15, 0.2) is 37.7 Å². The minimum atomic E-state index is -1.99. The van der Waals surface area contributed by atoms with Gasteiger partial charge in [0.25, 0.3) is 0 Å². The van der Waals surface area contributed by atoms with Gasteiger partial charge in [-0.15, -0.1) is 0 Å². The first-order valence-electron chi connectivity index (χ1n) is 34.9. The van der Waals surface area contributed by atoms with Crippen molar-refractivity contribution in [2.75, 3.05) is 39.6 Å². The Labute approximate surface area is 578 Å².